The number of aliphatic hydroxyl groups excluding tert-OH is 2. The number of hydrogen-bond acceptors (Lipinski definition) is 5. The van der Waals surface area contributed by atoms with Crippen LogP contribution in [0.3, 0.4) is 0 Å². The maximum absolute atomic E-state index is 12.5. The molecule has 0 spiro atoms. The molecule has 3 N–H and O–H groups in total. The van der Waals surface area contributed by atoms with Gasteiger partial charge in [0.05, 0.1) is 25.4 Å². The number of unbranched alkanes of at least 4 members (excludes halogenated alkanes) is 51. The largest absolute Gasteiger partial charge is 0.466 e. The van der Waals surface area contributed by atoms with Gasteiger partial charge in [0.2, 0.25) is 5.91 Å². The Morgan fingerprint density at radius 2 is 0.603 bits per heavy atom. The lowest BCUT2D eigenvalue weighted by Crippen LogP contribution is -2.45. The average Bonchev–Trinajstić information content (AvgIpc) is 3.44. The molecule has 6 nitrogen and oxygen atoms in total. The summed E-state index contributed by atoms with van der Waals surface area (Å²) in [7, 11) is 0. The number of carbonyl (C=O) groups is 2. The number of nitrogens with one attached hydrogen (secondary N) is 1. The highest BCUT2D eigenvalue weighted by Crippen LogP contribution is 2.18. The zero-order valence-corrected chi connectivity index (χ0v) is 52.7. The maximum atomic E-state index is 12.5. The Morgan fingerprint density at radius 3 is 0.910 bits per heavy atom. The topological polar surface area (TPSA) is 95.9 Å². The van der Waals surface area contributed by atoms with Gasteiger partial charge in [0.25, 0.3) is 0 Å². The molecule has 0 aromatic rings. The Hall–Kier alpha value is -1.92. The van der Waals surface area contributed by atoms with E-state index in [4.69, 9.17) is 4.74 Å². The highest BCUT2D eigenvalue weighted by molar-refractivity contribution is 5.76. The number of allylic oxidation sites excluding steroid dienone is 5. The third-order valence-corrected chi connectivity index (χ3v) is 16.4. The van der Waals surface area contributed by atoms with Gasteiger partial charge in [-0.25, -0.2) is 0 Å². The van der Waals surface area contributed by atoms with Crippen molar-refractivity contribution in [2.24, 2.45) is 0 Å². The fourth-order valence-electron chi connectivity index (χ4n) is 11.0. The minimum absolute atomic E-state index is 0.00139. The summed E-state index contributed by atoms with van der Waals surface area (Å²) < 4.78 is 5.48. The lowest BCUT2D eigenvalue weighted by atomic mass is 10.0. The zero-order chi connectivity index (χ0) is 56.4. The predicted octanol–water partition coefficient (Wildman–Crippen LogP) is 22.7. The third-order valence-electron chi connectivity index (χ3n) is 16.4. The van der Waals surface area contributed by atoms with Crippen LogP contribution >= 0.6 is 0 Å². The number of ether oxygens (including phenoxy) is 1. The van der Waals surface area contributed by atoms with Crippen molar-refractivity contribution in [2.45, 2.75) is 398 Å². The predicted molar refractivity (Wildman–Crippen MR) is 343 cm³/mol. The lowest BCUT2D eigenvalue weighted by Gasteiger charge is -2.20. The van der Waals surface area contributed by atoms with Gasteiger partial charge in [0.1, 0.15) is 0 Å². The minimum atomic E-state index is -0.851. The van der Waals surface area contributed by atoms with Crippen molar-refractivity contribution in [1.82, 2.24) is 5.32 Å². The van der Waals surface area contributed by atoms with E-state index in [1.807, 2.05) is 6.08 Å². The summed E-state index contributed by atoms with van der Waals surface area (Å²) >= 11 is 0. The second-order valence-corrected chi connectivity index (χ2v) is 24.2. The molecule has 6 heteroatoms. The maximum Gasteiger partial charge on any atom is 0.305 e. The monoisotopic (exact) mass is 1100 g/mol. The normalized spacial score (nSPS) is 12.7. The molecule has 0 bridgehead atoms. The smallest absolute Gasteiger partial charge is 0.305 e. The molecular weight excluding hydrogens is 959 g/mol. The summed E-state index contributed by atoms with van der Waals surface area (Å²) in [5, 5.41) is 23.3. The van der Waals surface area contributed by atoms with E-state index in [-0.39, 0.29) is 18.5 Å². The van der Waals surface area contributed by atoms with Gasteiger partial charge < -0.3 is 20.3 Å². The quantitative estimate of drug-likeness (QED) is 0.0320. The molecule has 0 fully saturated rings. The van der Waals surface area contributed by atoms with E-state index in [0.29, 0.717) is 19.4 Å². The minimum Gasteiger partial charge on any atom is -0.466 e. The van der Waals surface area contributed by atoms with Gasteiger partial charge in [-0.3, -0.25) is 9.59 Å². The van der Waals surface area contributed by atoms with E-state index in [1.165, 1.54) is 308 Å². The van der Waals surface area contributed by atoms with Crippen LogP contribution in [0, 0.1) is 0 Å². The molecule has 460 valence electrons. The molecule has 2 atom stereocenters. The van der Waals surface area contributed by atoms with Crippen molar-refractivity contribution in [2.75, 3.05) is 13.2 Å². The number of rotatable bonds is 66. The Kier molecular flexibility index (Phi) is 65.9. The van der Waals surface area contributed by atoms with Crippen LogP contribution in [0.5, 0.6) is 0 Å². The van der Waals surface area contributed by atoms with Crippen LogP contribution in [0.25, 0.3) is 0 Å². The standard InChI is InChI=1S/C72H137NO5/c1-3-5-7-9-11-13-15-17-19-20-21-22-23-24-25-28-31-34-37-40-44-48-52-56-60-64-70(75)69(68-74)73-71(76)65-61-57-53-49-45-41-38-35-32-29-26-27-30-33-36-39-43-47-51-55-59-63-67-78-72(77)66-62-58-54-50-46-42-18-16-14-12-10-8-6-4-2/h16,18,29,32,60,64,69-70,74-75H,3-15,17,19-28,30-31,33-59,61-63,65-68H2,1-2H3,(H,73,76)/b18-16-,32-29-,64-60+. The number of carbonyl (C=O) groups excluding carboxylic acids is 2. The highest BCUT2D eigenvalue weighted by atomic mass is 16.5. The van der Waals surface area contributed by atoms with Crippen LogP contribution < -0.4 is 5.32 Å². The molecule has 2 unspecified atom stereocenters. The SMILES string of the molecule is CCCCCCC/C=C\CCCCCCCC(=O)OCCCCCCCCCCCCC/C=C\CCCCCCCCCC(=O)NC(CO)C(O)/C=C/CCCCCCCCCCCCCCCCCCCCCCCCC. The van der Waals surface area contributed by atoms with Crippen LogP contribution in [0.4, 0.5) is 0 Å². The molecule has 0 aromatic heterocycles. The highest BCUT2D eigenvalue weighted by Gasteiger charge is 2.18. The van der Waals surface area contributed by atoms with E-state index in [2.05, 4.69) is 43.5 Å². The fourth-order valence-corrected chi connectivity index (χ4v) is 11.0. The van der Waals surface area contributed by atoms with Gasteiger partial charge in [0.15, 0.2) is 0 Å². The van der Waals surface area contributed by atoms with Crippen molar-refractivity contribution in [1.29, 1.82) is 0 Å². The van der Waals surface area contributed by atoms with Crippen LogP contribution in [0.1, 0.15) is 386 Å². The lowest BCUT2D eigenvalue weighted by molar-refractivity contribution is -0.143. The van der Waals surface area contributed by atoms with E-state index >= 15 is 0 Å². The van der Waals surface area contributed by atoms with Crippen molar-refractivity contribution in [3.63, 3.8) is 0 Å². The van der Waals surface area contributed by atoms with E-state index < -0.39 is 12.1 Å². The molecule has 0 saturated heterocycles. The summed E-state index contributed by atoms with van der Waals surface area (Å²) in [4.78, 5) is 24.6. The fraction of sp³-hybridized carbons (Fsp3) is 0.889. The van der Waals surface area contributed by atoms with Crippen molar-refractivity contribution in [3.8, 4) is 0 Å². The molecule has 0 aliphatic rings. The molecule has 0 saturated carbocycles. The molecule has 1 amide bonds. The summed E-state index contributed by atoms with van der Waals surface area (Å²) in [6, 6.07) is -0.635. The van der Waals surface area contributed by atoms with Crippen molar-refractivity contribution < 1.29 is 24.5 Å². The molecule has 0 aliphatic carbocycles. The van der Waals surface area contributed by atoms with Crippen LogP contribution in [0.15, 0.2) is 36.5 Å². The number of esters is 1. The number of amides is 1. The average molecular weight is 1100 g/mol. The van der Waals surface area contributed by atoms with Crippen molar-refractivity contribution in [3.05, 3.63) is 36.5 Å². The van der Waals surface area contributed by atoms with Gasteiger partial charge in [-0.2, -0.15) is 0 Å². The van der Waals surface area contributed by atoms with Gasteiger partial charge in [-0.15, -0.1) is 0 Å². The first kappa shape index (κ1) is 76.1. The molecule has 0 radical (unpaired) electrons. The van der Waals surface area contributed by atoms with Crippen LogP contribution in [-0.2, 0) is 14.3 Å². The third kappa shape index (κ3) is 63.3. The van der Waals surface area contributed by atoms with Gasteiger partial charge in [0, 0.05) is 12.8 Å². The van der Waals surface area contributed by atoms with E-state index in [1.54, 1.807) is 6.08 Å². The van der Waals surface area contributed by atoms with Crippen molar-refractivity contribution >= 4 is 11.9 Å². The van der Waals surface area contributed by atoms with Gasteiger partial charge in [-0.1, -0.05) is 326 Å². The van der Waals surface area contributed by atoms with Crippen LogP contribution in [0.2, 0.25) is 0 Å². The molecule has 0 aromatic carbocycles. The van der Waals surface area contributed by atoms with E-state index in [9.17, 15) is 19.8 Å². The summed E-state index contributed by atoms with van der Waals surface area (Å²) in [5.41, 5.74) is 0. The Labute approximate surface area is 487 Å². The first-order valence-corrected chi connectivity index (χ1v) is 35.3. The number of hydrogen-bond donors (Lipinski definition) is 3. The summed E-state index contributed by atoms with van der Waals surface area (Å²) in [5.74, 6) is -0.0698. The van der Waals surface area contributed by atoms with Gasteiger partial charge >= 0.3 is 5.97 Å². The second-order valence-electron chi connectivity index (χ2n) is 24.2. The second kappa shape index (κ2) is 67.6. The van der Waals surface area contributed by atoms with Gasteiger partial charge in [-0.05, 0) is 83.5 Å². The first-order valence-electron chi connectivity index (χ1n) is 35.3. The Morgan fingerprint density at radius 1 is 0.346 bits per heavy atom. The first-order chi connectivity index (χ1) is 38.5. The Bertz CT molecular complexity index is 1260. The van der Waals surface area contributed by atoms with Crippen LogP contribution in [-0.4, -0.2) is 47.4 Å². The molecular formula is C72H137NO5. The summed E-state index contributed by atoms with van der Waals surface area (Å²) in [6.07, 6.45) is 86.4. The number of aliphatic hydroxyl groups is 2. The molecule has 0 aliphatic heterocycles. The molecule has 0 rings (SSSR count). The molecule has 78 heavy (non-hydrogen) atoms. The summed E-state index contributed by atoms with van der Waals surface area (Å²) in [6.45, 7) is 4.92. The zero-order valence-electron chi connectivity index (χ0n) is 52.7. The van der Waals surface area contributed by atoms with E-state index in [0.717, 1.165) is 51.4 Å². The molecule has 0 heterocycles. The Balaban J connectivity index is 3.45.